The van der Waals surface area contributed by atoms with E-state index in [0.717, 1.165) is 35.2 Å². The number of piperazine rings is 1. The third kappa shape index (κ3) is 5.06. The molecule has 0 radical (unpaired) electrons. The Morgan fingerprint density at radius 3 is 2.51 bits per heavy atom. The molecule has 3 aromatic rings. The molecule has 4 heterocycles. The van der Waals surface area contributed by atoms with Gasteiger partial charge >= 0.3 is 0 Å². The van der Waals surface area contributed by atoms with Crippen LogP contribution in [0.25, 0.3) is 22.2 Å². The van der Waals surface area contributed by atoms with Gasteiger partial charge in [0.1, 0.15) is 0 Å². The van der Waals surface area contributed by atoms with Gasteiger partial charge in [-0.3, -0.25) is 14.9 Å². The number of fused-ring (bicyclic) bond motifs is 1. The second kappa shape index (κ2) is 10.1. The molecule has 0 saturated carbocycles. The minimum atomic E-state index is 0.512. The fraction of sp³-hybridized carbons (Fsp3) is 0.393. The second-order valence-corrected chi connectivity index (χ2v) is 9.79. The van der Waals surface area contributed by atoms with E-state index in [1.807, 2.05) is 43.5 Å². The number of hydrogen-bond acceptors (Lipinski definition) is 7. The fourth-order valence-electron chi connectivity index (χ4n) is 5.28. The standard InChI is InChI=1S/C28H35N7/c1-20-4-3-5-27(32-20)28(30)25(18-29)21-6-7-26-22(16-21)17-24(19-31-26)34-10-8-23(9-11-34)35-14-12-33(2)13-15-35/h3-7,16-19,23,29H,8-15,30H2,1-2H3. The molecule has 7 heteroatoms. The normalized spacial score (nSPS) is 19.1. The third-order valence-electron chi connectivity index (χ3n) is 7.46. The van der Waals surface area contributed by atoms with Crippen LogP contribution in [0, 0.1) is 12.3 Å². The van der Waals surface area contributed by atoms with Gasteiger partial charge in [0.05, 0.1) is 28.8 Å². The van der Waals surface area contributed by atoms with Crippen molar-refractivity contribution >= 4 is 34.1 Å². The Kier molecular flexibility index (Phi) is 6.79. The maximum Gasteiger partial charge on any atom is 0.0869 e. The van der Waals surface area contributed by atoms with E-state index >= 15 is 0 Å². The minimum Gasteiger partial charge on any atom is -0.396 e. The van der Waals surface area contributed by atoms with Crippen molar-refractivity contribution in [3.8, 4) is 0 Å². The first-order chi connectivity index (χ1) is 17.0. The van der Waals surface area contributed by atoms with Crippen molar-refractivity contribution < 1.29 is 0 Å². The van der Waals surface area contributed by atoms with Crippen LogP contribution in [0.5, 0.6) is 0 Å². The molecule has 0 unspecified atom stereocenters. The molecule has 2 saturated heterocycles. The van der Waals surface area contributed by atoms with Gasteiger partial charge in [0, 0.05) is 68.2 Å². The molecule has 2 aliphatic rings. The van der Waals surface area contributed by atoms with Crippen molar-refractivity contribution in [2.24, 2.45) is 5.73 Å². The summed E-state index contributed by atoms with van der Waals surface area (Å²) in [6.45, 7) is 8.78. The third-order valence-corrected chi connectivity index (χ3v) is 7.46. The Balaban J connectivity index is 1.36. The number of nitrogens with zero attached hydrogens (tertiary/aromatic N) is 5. The van der Waals surface area contributed by atoms with Crippen molar-refractivity contribution in [2.75, 3.05) is 51.2 Å². The molecule has 2 fully saturated rings. The van der Waals surface area contributed by atoms with Gasteiger partial charge in [-0.15, -0.1) is 0 Å². The van der Waals surface area contributed by atoms with Crippen LogP contribution in [0.15, 0.2) is 48.7 Å². The second-order valence-electron chi connectivity index (χ2n) is 9.79. The van der Waals surface area contributed by atoms with E-state index < -0.39 is 0 Å². The van der Waals surface area contributed by atoms with Gasteiger partial charge in [0.2, 0.25) is 0 Å². The Labute approximate surface area is 207 Å². The van der Waals surface area contributed by atoms with Gasteiger partial charge in [-0.2, -0.15) is 0 Å². The van der Waals surface area contributed by atoms with E-state index in [1.54, 1.807) is 0 Å². The Bertz CT molecular complexity index is 1240. The summed E-state index contributed by atoms with van der Waals surface area (Å²) in [4.78, 5) is 16.8. The molecule has 2 aliphatic heterocycles. The first kappa shape index (κ1) is 23.5. The zero-order chi connectivity index (χ0) is 24.4. The van der Waals surface area contributed by atoms with Gasteiger partial charge in [0.15, 0.2) is 0 Å². The van der Waals surface area contributed by atoms with Crippen LogP contribution < -0.4 is 10.6 Å². The molecule has 5 rings (SSSR count). The predicted octanol–water partition coefficient (Wildman–Crippen LogP) is 3.63. The van der Waals surface area contributed by atoms with Gasteiger partial charge in [-0.05, 0) is 62.7 Å². The lowest BCUT2D eigenvalue weighted by atomic mass is 10.00. The molecule has 0 spiro atoms. The number of hydrogen-bond donors (Lipinski definition) is 2. The summed E-state index contributed by atoms with van der Waals surface area (Å²) < 4.78 is 0. The number of anilines is 1. The zero-order valence-electron chi connectivity index (χ0n) is 20.7. The number of likely N-dealkylation sites (N-methyl/N-ethyl adjacent to an activating group) is 1. The van der Waals surface area contributed by atoms with Crippen molar-refractivity contribution in [1.29, 1.82) is 5.41 Å². The lowest BCUT2D eigenvalue weighted by molar-refractivity contribution is 0.0982. The number of nitrogens with one attached hydrogen (secondary N) is 1. The highest BCUT2D eigenvalue weighted by Crippen LogP contribution is 2.28. The van der Waals surface area contributed by atoms with Crippen LogP contribution in [-0.2, 0) is 0 Å². The van der Waals surface area contributed by atoms with E-state index in [2.05, 4.69) is 38.9 Å². The van der Waals surface area contributed by atoms with Crippen molar-refractivity contribution in [3.63, 3.8) is 0 Å². The first-order valence-electron chi connectivity index (χ1n) is 12.5. The number of aromatic nitrogens is 2. The van der Waals surface area contributed by atoms with Crippen molar-refractivity contribution in [2.45, 2.75) is 25.8 Å². The highest BCUT2D eigenvalue weighted by atomic mass is 15.3. The summed E-state index contributed by atoms with van der Waals surface area (Å²) in [6.07, 6.45) is 5.71. The van der Waals surface area contributed by atoms with Crippen LogP contribution in [0.1, 0.15) is 29.8 Å². The zero-order valence-corrected chi connectivity index (χ0v) is 20.7. The lowest BCUT2D eigenvalue weighted by Gasteiger charge is -2.42. The average molecular weight is 470 g/mol. The summed E-state index contributed by atoms with van der Waals surface area (Å²) in [5, 5.41) is 9.10. The average Bonchev–Trinajstić information content (AvgIpc) is 2.89. The maximum atomic E-state index is 8.03. The molecule has 7 nitrogen and oxygen atoms in total. The van der Waals surface area contributed by atoms with Gasteiger partial charge in [-0.1, -0.05) is 12.1 Å². The number of piperidine rings is 1. The number of nitrogens with two attached hydrogens (primary N) is 1. The van der Waals surface area contributed by atoms with Crippen LogP contribution >= 0.6 is 0 Å². The summed E-state index contributed by atoms with van der Waals surface area (Å²) >= 11 is 0. The molecule has 0 bridgehead atoms. The highest BCUT2D eigenvalue weighted by Gasteiger charge is 2.27. The number of benzene rings is 1. The Hall–Kier alpha value is -3.29. The van der Waals surface area contributed by atoms with E-state index in [1.165, 1.54) is 50.9 Å². The van der Waals surface area contributed by atoms with Gasteiger partial charge < -0.3 is 20.9 Å². The van der Waals surface area contributed by atoms with Gasteiger partial charge in [0.25, 0.3) is 0 Å². The minimum absolute atomic E-state index is 0.512. The molecule has 35 heavy (non-hydrogen) atoms. The molecular weight excluding hydrogens is 434 g/mol. The summed E-state index contributed by atoms with van der Waals surface area (Å²) in [5.41, 5.74) is 12.3. The molecule has 3 N–H and O–H groups in total. The number of pyridine rings is 2. The smallest absolute Gasteiger partial charge is 0.0869 e. The van der Waals surface area contributed by atoms with E-state index in [-0.39, 0.29) is 0 Å². The molecule has 2 aromatic heterocycles. The Morgan fingerprint density at radius 2 is 1.80 bits per heavy atom. The fourth-order valence-corrected chi connectivity index (χ4v) is 5.28. The quantitative estimate of drug-likeness (QED) is 0.555. The summed E-state index contributed by atoms with van der Waals surface area (Å²) in [6, 6.07) is 14.8. The number of aryl methyl sites for hydroxylation is 1. The monoisotopic (exact) mass is 469 g/mol. The van der Waals surface area contributed by atoms with Crippen molar-refractivity contribution in [1.82, 2.24) is 19.8 Å². The Morgan fingerprint density at radius 1 is 1.03 bits per heavy atom. The molecular formula is C28H35N7. The molecule has 0 atom stereocenters. The first-order valence-corrected chi connectivity index (χ1v) is 12.5. The van der Waals surface area contributed by atoms with E-state index in [0.29, 0.717) is 23.0 Å². The van der Waals surface area contributed by atoms with Crippen LogP contribution in [-0.4, -0.2) is 78.3 Å². The summed E-state index contributed by atoms with van der Waals surface area (Å²) in [5.74, 6) is 0. The van der Waals surface area contributed by atoms with E-state index in [4.69, 9.17) is 16.1 Å². The number of rotatable bonds is 5. The lowest BCUT2D eigenvalue weighted by Crippen LogP contribution is -2.52. The van der Waals surface area contributed by atoms with Crippen LogP contribution in [0.2, 0.25) is 0 Å². The maximum absolute atomic E-state index is 8.03. The van der Waals surface area contributed by atoms with Crippen LogP contribution in [0.3, 0.4) is 0 Å². The van der Waals surface area contributed by atoms with Crippen LogP contribution in [0.4, 0.5) is 5.69 Å². The molecule has 0 amide bonds. The molecule has 1 aromatic carbocycles. The molecule has 0 aliphatic carbocycles. The number of allylic oxidation sites excluding steroid dienone is 1. The van der Waals surface area contributed by atoms with Crippen molar-refractivity contribution in [3.05, 3.63) is 65.6 Å². The van der Waals surface area contributed by atoms with Gasteiger partial charge in [-0.25, -0.2) is 0 Å². The highest BCUT2D eigenvalue weighted by molar-refractivity contribution is 6.18. The molecule has 182 valence electrons. The SMILES string of the molecule is Cc1cccc(C(N)=C(C=N)c2ccc3ncc(N4CCC(N5CCN(C)CC5)CC4)cc3c2)n1. The topological polar surface area (TPSA) is 85.4 Å². The largest absolute Gasteiger partial charge is 0.396 e. The summed E-state index contributed by atoms with van der Waals surface area (Å²) in [7, 11) is 2.22. The van der Waals surface area contributed by atoms with E-state index in [9.17, 15) is 0 Å². The predicted molar refractivity (Wildman–Crippen MR) is 145 cm³/mol.